The molecule has 7 nitrogen and oxygen atoms in total. The highest BCUT2D eigenvalue weighted by Gasteiger charge is 2.11. The standard InChI is InChI=1S/C20H16N4O3.C2H6/c1-27-15-7-5-12(6-8-15)17-10-16-18(21-11-22-19(16)24-17)23-14-4-2-3-13(9-14)20(25)26;1-2/h2-11H,1H3,(H,25,26)(H2,21,22,23,24);1-2H3. The minimum Gasteiger partial charge on any atom is -0.497 e. The van der Waals surface area contributed by atoms with Gasteiger partial charge in [0.05, 0.1) is 18.1 Å². The predicted octanol–water partition coefficient (Wildman–Crippen LogP) is 5.10. The van der Waals surface area contributed by atoms with Crippen LogP contribution in [0.1, 0.15) is 24.2 Å². The summed E-state index contributed by atoms with van der Waals surface area (Å²) in [6, 6.07) is 16.2. The van der Waals surface area contributed by atoms with Crippen molar-refractivity contribution >= 4 is 28.5 Å². The van der Waals surface area contributed by atoms with Gasteiger partial charge in [-0.25, -0.2) is 14.8 Å². The molecule has 0 fully saturated rings. The number of benzene rings is 2. The van der Waals surface area contributed by atoms with E-state index in [1.54, 1.807) is 31.4 Å². The number of fused-ring (bicyclic) bond motifs is 1. The van der Waals surface area contributed by atoms with Gasteiger partial charge in [0.1, 0.15) is 23.5 Å². The molecule has 4 aromatic rings. The van der Waals surface area contributed by atoms with E-state index < -0.39 is 5.97 Å². The number of rotatable bonds is 5. The lowest BCUT2D eigenvalue weighted by molar-refractivity contribution is 0.0697. The van der Waals surface area contributed by atoms with Crippen molar-refractivity contribution in [3.63, 3.8) is 0 Å². The Bertz CT molecular complexity index is 1120. The van der Waals surface area contributed by atoms with Crippen molar-refractivity contribution < 1.29 is 14.6 Å². The van der Waals surface area contributed by atoms with Crippen LogP contribution >= 0.6 is 0 Å². The second-order valence-electron chi connectivity index (χ2n) is 5.91. The highest BCUT2D eigenvalue weighted by Crippen LogP contribution is 2.29. The Morgan fingerprint density at radius 2 is 1.83 bits per heavy atom. The maximum absolute atomic E-state index is 11.2. The van der Waals surface area contributed by atoms with Crippen molar-refractivity contribution in [3.8, 4) is 17.0 Å². The van der Waals surface area contributed by atoms with Gasteiger partial charge in [0, 0.05) is 11.4 Å². The van der Waals surface area contributed by atoms with Gasteiger partial charge >= 0.3 is 5.97 Å². The van der Waals surface area contributed by atoms with Crippen molar-refractivity contribution in [1.29, 1.82) is 0 Å². The van der Waals surface area contributed by atoms with Crippen molar-refractivity contribution in [1.82, 2.24) is 15.0 Å². The summed E-state index contributed by atoms with van der Waals surface area (Å²) in [4.78, 5) is 23.0. The molecule has 0 aliphatic rings. The Balaban J connectivity index is 0.00000117. The molecule has 29 heavy (non-hydrogen) atoms. The lowest BCUT2D eigenvalue weighted by Gasteiger charge is -2.06. The van der Waals surface area contributed by atoms with E-state index in [-0.39, 0.29) is 5.56 Å². The van der Waals surface area contributed by atoms with E-state index >= 15 is 0 Å². The summed E-state index contributed by atoms with van der Waals surface area (Å²) in [7, 11) is 1.63. The number of H-pyrrole nitrogens is 1. The Morgan fingerprint density at radius 3 is 2.52 bits per heavy atom. The number of aromatic carboxylic acids is 1. The number of aromatic amines is 1. The molecule has 7 heteroatoms. The third-order valence-electron chi connectivity index (χ3n) is 4.20. The van der Waals surface area contributed by atoms with Crippen molar-refractivity contribution in [2.45, 2.75) is 13.8 Å². The average molecular weight is 390 g/mol. The largest absolute Gasteiger partial charge is 0.497 e. The van der Waals surface area contributed by atoms with Gasteiger partial charge in [-0.2, -0.15) is 0 Å². The van der Waals surface area contributed by atoms with Crippen LogP contribution < -0.4 is 10.1 Å². The zero-order chi connectivity index (χ0) is 20.8. The second-order valence-corrected chi connectivity index (χ2v) is 5.91. The SMILES string of the molecule is CC.COc1ccc(-c2cc3c(Nc4cccc(C(=O)O)c4)ncnc3[nH]2)cc1. The number of hydrogen-bond donors (Lipinski definition) is 3. The van der Waals surface area contributed by atoms with Gasteiger partial charge < -0.3 is 20.1 Å². The lowest BCUT2D eigenvalue weighted by Crippen LogP contribution is -1.99. The Morgan fingerprint density at radius 1 is 1.07 bits per heavy atom. The topological polar surface area (TPSA) is 100 Å². The third kappa shape index (κ3) is 4.35. The molecule has 0 unspecified atom stereocenters. The first-order valence-electron chi connectivity index (χ1n) is 9.22. The Labute approximate surface area is 168 Å². The van der Waals surface area contributed by atoms with Crippen LogP contribution in [0.15, 0.2) is 60.9 Å². The molecule has 0 radical (unpaired) electrons. The van der Waals surface area contributed by atoms with Gasteiger partial charge in [-0.1, -0.05) is 19.9 Å². The molecule has 4 rings (SSSR count). The summed E-state index contributed by atoms with van der Waals surface area (Å²) < 4.78 is 5.19. The molecule has 0 aliphatic heterocycles. The molecule has 3 N–H and O–H groups in total. The van der Waals surface area contributed by atoms with Crippen LogP contribution in [0.4, 0.5) is 11.5 Å². The summed E-state index contributed by atoms with van der Waals surface area (Å²) in [5.74, 6) is 0.406. The Hall–Kier alpha value is -3.87. The van der Waals surface area contributed by atoms with Crippen LogP contribution in [0.2, 0.25) is 0 Å². The number of nitrogens with one attached hydrogen (secondary N) is 2. The maximum atomic E-state index is 11.2. The number of ether oxygens (including phenoxy) is 1. The first-order chi connectivity index (χ1) is 14.1. The Kier molecular flexibility index (Phi) is 6.09. The normalized spacial score (nSPS) is 10.2. The first-order valence-corrected chi connectivity index (χ1v) is 9.22. The van der Waals surface area contributed by atoms with Crippen LogP contribution in [0, 0.1) is 0 Å². The lowest BCUT2D eigenvalue weighted by atomic mass is 10.1. The molecule has 148 valence electrons. The summed E-state index contributed by atoms with van der Waals surface area (Å²) in [5, 5.41) is 13.1. The molecular formula is C22H22N4O3. The highest BCUT2D eigenvalue weighted by atomic mass is 16.5. The van der Waals surface area contributed by atoms with Crippen LogP contribution in [0.3, 0.4) is 0 Å². The van der Waals surface area contributed by atoms with Crippen LogP contribution in [0.25, 0.3) is 22.3 Å². The number of nitrogens with zero attached hydrogens (tertiary/aromatic N) is 2. The average Bonchev–Trinajstić information content (AvgIpc) is 3.21. The minimum absolute atomic E-state index is 0.207. The van der Waals surface area contributed by atoms with Gasteiger partial charge in [0.25, 0.3) is 0 Å². The molecule has 0 saturated heterocycles. The smallest absolute Gasteiger partial charge is 0.335 e. The molecule has 2 heterocycles. The zero-order valence-electron chi connectivity index (χ0n) is 16.4. The van der Waals surface area contributed by atoms with Crippen molar-refractivity contribution in [2.75, 3.05) is 12.4 Å². The number of aromatic nitrogens is 3. The minimum atomic E-state index is -0.977. The fraction of sp³-hybridized carbons (Fsp3) is 0.136. The van der Waals surface area contributed by atoms with Crippen molar-refractivity contribution in [2.24, 2.45) is 0 Å². The first kappa shape index (κ1) is 19.9. The van der Waals surface area contributed by atoms with Gasteiger partial charge in [0.15, 0.2) is 0 Å². The molecular weight excluding hydrogens is 368 g/mol. The maximum Gasteiger partial charge on any atom is 0.335 e. The molecule has 0 bridgehead atoms. The second kappa shape index (κ2) is 8.88. The zero-order valence-corrected chi connectivity index (χ0v) is 16.4. The van der Waals surface area contributed by atoms with E-state index in [4.69, 9.17) is 9.84 Å². The number of methoxy groups -OCH3 is 1. The van der Waals surface area contributed by atoms with E-state index in [1.807, 2.05) is 44.2 Å². The molecule has 2 aromatic carbocycles. The van der Waals surface area contributed by atoms with Crippen LogP contribution in [0.5, 0.6) is 5.75 Å². The number of hydrogen-bond acceptors (Lipinski definition) is 5. The van der Waals surface area contributed by atoms with Gasteiger partial charge in [-0.05, 0) is 54.1 Å². The van der Waals surface area contributed by atoms with Gasteiger partial charge in [-0.3, -0.25) is 0 Å². The summed E-state index contributed by atoms with van der Waals surface area (Å²) in [6.07, 6.45) is 1.46. The number of anilines is 2. The van der Waals surface area contributed by atoms with E-state index in [1.165, 1.54) is 6.33 Å². The predicted molar refractivity (Wildman–Crippen MR) is 114 cm³/mol. The highest BCUT2D eigenvalue weighted by molar-refractivity contribution is 5.94. The summed E-state index contributed by atoms with van der Waals surface area (Å²) in [6.45, 7) is 4.00. The number of carboxylic acids is 1. The molecule has 0 atom stereocenters. The van der Waals surface area contributed by atoms with E-state index in [2.05, 4.69) is 20.3 Å². The van der Waals surface area contributed by atoms with E-state index in [0.717, 1.165) is 22.4 Å². The monoisotopic (exact) mass is 390 g/mol. The fourth-order valence-electron chi connectivity index (χ4n) is 2.83. The van der Waals surface area contributed by atoms with E-state index in [9.17, 15) is 4.79 Å². The number of carboxylic acid groups (broad SMARTS) is 1. The fourth-order valence-corrected chi connectivity index (χ4v) is 2.83. The summed E-state index contributed by atoms with van der Waals surface area (Å²) >= 11 is 0. The molecule has 0 amide bonds. The molecule has 0 aliphatic carbocycles. The number of carbonyl (C=O) groups is 1. The molecule has 2 aromatic heterocycles. The van der Waals surface area contributed by atoms with Crippen molar-refractivity contribution in [3.05, 3.63) is 66.5 Å². The third-order valence-corrected chi connectivity index (χ3v) is 4.20. The van der Waals surface area contributed by atoms with Crippen LogP contribution in [-0.2, 0) is 0 Å². The van der Waals surface area contributed by atoms with Crippen LogP contribution in [-0.4, -0.2) is 33.1 Å². The summed E-state index contributed by atoms with van der Waals surface area (Å²) in [5.41, 5.74) is 3.43. The van der Waals surface area contributed by atoms with Gasteiger partial charge in [-0.15, -0.1) is 0 Å². The molecule has 0 saturated carbocycles. The van der Waals surface area contributed by atoms with Gasteiger partial charge in [0.2, 0.25) is 0 Å². The molecule has 0 spiro atoms. The quantitative estimate of drug-likeness (QED) is 0.438. The van der Waals surface area contributed by atoms with E-state index in [0.29, 0.717) is 17.2 Å².